The first kappa shape index (κ1) is 12.4. The number of nitrogens with two attached hydrogens (primary N) is 1. The molecule has 1 aromatic heterocycles. The zero-order valence-electron chi connectivity index (χ0n) is 9.50. The van der Waals surface area contributed by atoms with Gasteiger partial charge in [-0.1, -0.05) is 0 Å². The minimum Gasteiger partial charge on any atom is -0.330 e. The number of rotatable bonds is 3. The third-order valence-electron chi connectivity index (χ3n) is 3.21. The Labute approximate surface area is 97.8 Å². The van der Waals surface area contributed by atoms with E-state index >= 15 is 0 Å². The van der Waals surface area contributed by atoms with Gasteiger partial charge < -0.3 is 10.3 Å². The van der Waals surface area contributed by atoms with Crippen LogP contribution in [0.3, 0.4) is 0 Å². The second kappa shape index (κ2) is 4.68. The van der Waals surface area contributed by atoms with Crippen molar-refractivity contribution in [2.24, 2.45) is 5.73 Å². The molecule has 17 heavy (non-hydrogen) atoms. The van der Waals surface area contributed by atoms with E-state index in [4.69, 9.17) is 5.73 Å². The molecule has 2 N–H and O–H groups in total. The highest BCUT2D eigenvalue weighted by Gasteiger charge is 2.41. The molecule has 1 heterocycles. The van der Waals surface area contributed by atoms with Gasteiger partial charge in [-0.2, -0.15) is 13.2 Å². The fourth-order valence-electron chi connectivity index (χ4n) is 2.38. The molecule has 96 valence electrons. The van der Waals surface area contributed by atoms with Gasteiger partial charge in [-0.05, 0) is 38.6 Å². The van der Waals surface area contributed by atoms with Gasteiger partial charge >= 0.3 is 6.18 Å². The van der Waals surface area contributed by atoms with E-state index in [1.807, 2.05) is 0 Å². The largest absolute Gasteiger partial charge is 0.409 e. The summed E-state index contributed by atoms with van der Waals surface area (Å²) in [5.74, 6) is 0. The topological polar surface area (TPSA) is 43.8 Å². The molecule has 2 rings (SSSR count). The van der Waals surface area contributed by atoms with Crippen LogP contribution in [0, 0.1) is 0 Å². The molecule has 0 fully saturated rings. The predicted octanol–water partition coefficient (Wildman–Crippen LogP) is 2.21. The van der Waals surface area contributed by atoms with Crippen LogP contribution in [0.5, 0.6) is 0 Å². The predicted molar refractivity (Wildman–Crippen MR) is 57.6 cm³/mol. The number of fused-ring (bicyclic) bond motifs is 1. The Morgan fingerprint density at radius 2 is 2.06 bits per heavy atom. The molecule has 1 aromatic rings. The van der Waals surface area contributed by atoms with E-state index in [0.717, 1.165) is 30.7 Å². The van der Waals surface area contributed by atoms with Gasteiger partial charge in [0, 0.05) is 5.69 Å². The van der Waals surface area contributed by atoms with E-state index in [1.54, 1.807) is 0 Å². The van der Waals surface area contributed by atoms with E-state index in [0.29, 0.717) is 6.42 Å². The van der Waals surface area contributed by atoms with Crippen LogP contribution < -0.4 is 5.73 Å². The second-order valence-electron chi connectivity index (χ2n) is 4.39. The summed E-state index contributed by atoms with van der Waals surface area (Å²) in [6.45, 7) is 0.0249. The molecule has 0 bridgehead atoms. The number of imidazole rings is 1. The first-order chi connectivity index (χ1) is 8.04. The number of aryl methyl sites for hydroxylation is 1. The molecule has 0 aliphatic heterocycles. The third-order valence-corrected chi connectivity index (χ3v) is 3.21. The maximum atomic E-state index is 12.9. The Morgan fingerprint density at radius 1 is 1.35 bits per heavy atom. The third kappa shape index (κ3) is 2.46. The minimum atomic E-state index is -4.26. The van der Waals surface area contributed by atoms with Crippen molar-refractivity contribution in [2.75, 3.05) is 6.54 Å². The van der Waals surface area contributed by atoms with E-state index < -0.39 is 12.2 Å². The van der Waals surface area contributed by atoms with Crippen LogP contribution in [0.15, 0.2) is 6.33 Å². The van der Waals surface area contributed by atoms with Gasteiger partial charge in [-0.15, -0.1) is 0 Å². The van der Waals surface area contributed by atoms with E-state index in [2.05, 4.69) is 4.98 Å². The van der Waals surface area contributed by atoms with Crippen LogP contribution in [-0.4, -0.2) is 22.3 Å². The molecular weight excluding hydrogens is 231 g/mol. The highest BCUT2D eigenvalue weighted by atomic mass is 19.4. The molecule has 0 saturated heterocycles. The minimum absolute atomic E-state index is 0.0249. The summed E-state index contributed by atoms with van der Waals surface area (Å²) >= 11 is 0. The van der Waals surface area contributed by atoms with Crippen molar-refractivity contribution in [2.45, 2.75) is 44.3 Å². The summed E-state index contributed by atoms with van der Waals surface area (Å²) in [7, 11) is 0. The monoisotopic (exact) mass is 247 g/mol. The molecule has 0 saturated carbocycles. The first-order valence-electron chi connectivity index (χ1n) is 5.85. The number of alkyl halides is 3. The lowest BCUT2D eigenvalue weighted by atomic mass is 10.0. The zero-order valence-corrected chi connectivity index (χ0v) is 9.50. The molecule has 1 aliphatic rings. The van der Waals surface area contributed by atoms with Crippen LogP contribution in [0.1, 0.15) is 36.7 Å². The summed E-state index contributed by atoms with van der Waals surface area (Å²) in [5, 5.41) is 0. The Morgan fingerprint density at radius 3 is 2.71 bits per heavy atom. The summed E-state index contributed by atoms with van der Waals surface area (Å²) in [5.41, 5.74) is 6.84. The summed E-state index contributed by atoms with van der Waals surface area (Å²) in [6, 6.07) is -1.53. The molecule has 0 amide bonds. The highest BCUT2D eigenvalue weighted by molar-refractivity contribution is 5.17. The van der Waals surface area contributed by atoms with Crippen LogP contribution in [0.25, 0.3) is 0 Å². The average molecular weight is 247 g/mol. The Balaban J connectivity index is 2.33. The summed E-state index contributed by atoms with van der Waals surface area (Å²) in [6.07, 6.45) is 0.396. The molecule has 6 heteroatoms. The van der Waals surface area contributed by atoms with Crippen LogP contribution in [0.2, 0.25) is 0 Å². The normalized spacial score (nSPS) is 17.9. The molecular formula is C11H16F3N3. The number of aromatic nitrogens is 2. The summed E-state index contributed by atoms with van der Waals surface area (Å²) < 4.78 is 40.1. The van der Waals surface area contributed by atoms with E-state index in [1.165, 1.54) is 10.9 Å². The molecule has 1 unspecified atom stereocenters. The Hall–Kier alpha value is -1.04. The van der Waals surface area contributed by atoms with Crippen molar-refractivity contribution in [1.29, 1.82) is 0 Å². The van der Waals surface area contributed by atoms with Crippen molar-refractivity contribution in [3.8, 4) is 0 Å². The Kier molecular flexibility index (Phi) is 3.42. The van der Waals surface area contributed by atoms with Gasteiger partial charge in [-0.25, -0.2) is 4.98 Å². The van der Waals surface area contributed by atoms with Gasteiger partial charge in [0.25, 0.3) is 0 Å². The van der Waals surface area contributed by atoms with Crippen LogP contribution in [0.4, 0.5) is 13.2 Å². The molecule has 0 aromatic carbocycles. The standard InChI is InChI=1S/C11H16F3N3/c12-11(13,14)10(5-6-15)17-7-16-8-3-1-2-4-9(8)17/h7,10H,1-6,15H2. The number of hydrogen-bond acceptors (Lipinski definition) is 2. The lowest BCUT2D eigenvalue weighted by Gasteiger charge is -2.24. The van der Waals surface area contributed by atoms with E-state index in [9.17, 15) is 13.2 Å². The highest BCUT2D eigenvalue weighted by Crippen LogP contribution is 2.35. The number of halogens is 3. The maximum absolute atomic E-state index is 12.9. The van der Waals surface area contributed by atoms with Crippen molar-refractivity contribution in [1.82, 2.24) is 9.55 Å². The molecule has 3 nitrogen and oxygen atoms in total. The molecule has 0 spiro atoms. The van der Waals surface area contributed by atoms with Crippen molar-refractivity contribution in [3.63, 3.8) is 0 Å². The average Bonchev–Trinajstić information content (AvgIpc) is 2.68. The van der Waals surface area contributed by atoms with Gasteiger partial charge in [0.2, 0.25) is 0 Å². The second-order valence-corrected chi connectivity index (χ2v) is 4.39. The molecule has 1 atom stereocenters. The van der Waals surface area contributed by atoms with Crippen LogP contribution in [-0.2, 0) is 12.8 Å². The van der Waals surface area contributed by atoms with Crippen molar-refractivity contribution in [3.05, 3.63) is 17.7 Å². The quantitative estimate of drug-likeness (QED) is 0.890. The van der Waals surface area contributed by atoms with Crippen molar-refractivity contribution >= 4 is 0 Å². The van der Waals surface area contributed by atoms with Gasteiger partial charge in [0.05, 0.1) is 12.0 Å². The van der Waals surface area contributed by atoms with Crippen LogP contribution >= 0.6 is 0 Å². The lowest BCUT2D eigenvalue weighted by Crippen LogP contribution is -2.30. The van der Waals surface area contributed by atoms with Gasteiger partial charge in [0.15, 0.2) is 0 Å². The summed E-state index contributed by atoms with van der Waals surface area (Å²) in [4.78, 5) is 4.10. The molecule has 1 aliphatic carbocycles. The smallest absolute Gasteiger partial charge is 0.330 e. The first-order valence-corrected chi connectivity index (χ1v) is 5.85. The maximum Gasteiger partial charge on any atom is 0.409 e. The van der Waals surface area contributed by atoms with Crippen molar-refractivity contribution < 1.29 is 13.2 Å². The fourth-order valence-corrected chi connectivity index (χ4v) is 2.38. The number of nitrogens with zero attached hydrogens (tertiary/aromatic N) is 2. The van der Waals surface area contributed by atoms with E-state index in [-0.39, 0.29) is 13.0 Å². The fraction of sp³-hybridized carbons (Fsp3) is 0.727. The van der Waals surface area contributed by atoms with Gasteiger partial charge in [0.1, 0.15) is 6.04 Å². The molecule has 0 radical (unpaired) electrons. The Bertz CT molecular complexity index is 384. The SMILES string of the molecule is NCCC(n1cnc2c1CCCC2)C(F)(F)F. The number of hydrogen-bond donors (Lipinski definition) is 1. The van der Waals surface area contributed by atoms with Gasteiger partial charge in [-0.3, -0.25) is 0 Å². The zero-order chi connectivity index (χ0) is 12.5. The lowest BCUT2D eigenvalue weighted by molar-refractivity contribution is -0.169.